The Labute approximate surface area is 236 Å². The van der Waals surface area contributed by atoms with E-state index in [1.54, 1.807) is 48.5 Å². The van der Waals surface area contributed by atoms with E-state index < -0.39 is 17.5 Å². The largest absolute Gasteiger partial charge is 0.479 e. The minimum absolute atomic E-state index is 0.0130. The summed E-state index contributed by atoms with van der Waals surface area (Å²) < 4.78 is 32.6. The molecule has 11 nitrogen and oxygen atoms in total. The number of hydrogen-bond donors (Lipinski definition) is 2. The first kappa shape index (κ1) is 31.0. The number of carboxylic acids is 1. The second kappa shape index (κ2) is 15.9. The Hall–Kier alpha value is -3.54. The summed E-state index contributed by atoms with van der Waals surface area (Å²) in [4.78, 5) is 18.8. The van der Waals surface area contributed by atoms with Crippen molar-refractivity contribution in [1.29, 1.82) is 5.26 Å². The van der Waals surface area contributed by atoms with Crippen LogP contribution in [0.2, 0.25) is 0 Å². The van der Waals surface area contributed by atoms with E-state index in [0.717, 1.165) is 11.3 Å². The van der Waals surface area contributed by atoms with Crippen LogP contribution in [-0.2, 0) is 34.2 Å². The van der Waals surface area contributed by atoms with Crippen LogP contribution in [0.25, 0.3) is 0 Å². The van der Waals surface area contributed by atoms with E-state index >= 15 is 0 Å². The molecule has 1 unspecified atom stereocenters. The molecule has 0 saturated heterocycles. The molecule has 1 atom stereocenters. The van der Waals surface area contributed by atoms with Crippen molar-refractivity contribution < 1.29 is 43.2 Å². The van der Waals surface area contributed by atoms with Crippen molar-refractivity contribution in [3.63, 3.8) is 0 Å². The van der Waals surface area contributed by atoms with Crippen molar-refractivity contribution in [2.45, 2.75) is 11.5 Å². The van der Waals surface area contributed by atoms with Gasteiger partial charge >= 0.3 is 5.97 Å². The van der Waals surface area contributed by atoms with Gasteiger partial charge in [-0.05, 0) is 11.1 Å². The molecule has 0 fully saturated rings. The highest BCUT2D eigenvalue weighted by Gasteiger charge is 2.55. The van der Waals surface area contributed by atoms with E-state index in [1.807, 2.05) is 12.1 Å². The molecule has 0 aliphatic carbocycles. The topological polar surface area (TPSA) is 152 Å². The highest BCUT2D eigenvalue weighted by Crippen LogP contribution is 2.54. The predicted octanol–water partition coefficient (Wildman–Crippen LogP) is 3.62. The monoisotopic (exact) mass is 572 g/mol. The lowest BCUT2D eigenvalue weighted by atomic mass is 9.76. The van der Waals surface area contributed by atoms with Gasteiger partial charge in [0.2, 0.25) is 5.60 Å². The van der Waals surface area contributed by atoms with Gasteiger partial charge < -0.3 is 33.5 Å². The maximum absolute atomic E-state index is 13.3. The van der Waals surface area contributed by atoms with E-state index in [1.165, 1.54) is 14.2 Å². The van der Waals surface area contributed by atoms with Crippen LogP contribution >= 0.6 is 11.3 Å². The molecule has 2 aromatic carbocycles. The highest BCUT2D eigenvalue weighted by atomic mass is 32.1. The van der Waals surface area contributed by atoms with Crippen LogP contribution in [0.1, 0.15) is 26.8 Å². The van der Waals surface area contributed by atoms with Gasteiger partial charge in [-0.1, -0.05) is 60.7 Å². The lowest BCUT2D eigenvalue weighted by molar-refractivity contribution is -0.171. The number of hydrogen-bond acceptors (Lipinski definition) is 11. The van der Waals surface area contributed by atoms with Crippen molar-refractivity contribution in [2.75, 3.05) is 54.2 Å². The Morgan fingerprint density at radius 3 is 1.82 bits per heavy atom. The second-order valence-electron chi connectivity index (χ2n) is 8.27. The molecule has 40 heavy (non-hydrogen) atoms. The molecule has 3 rings (SSSR count). The minimum Gasteiger partial charge on any atom is -0.479 e. The third-order valence-electron chi connectivity index (χ3n) is 5.87. The molecule has 0 aliphatic rings. The molecular weight excluding hydrogens is 540 g/mol. The summed E-state index contributed by atoms with van der Waals surface area (Å²) in [5.74, 6) is 3.47. The summed E-state index contributed by atoms with van der Waals surface area (Å²) in [6.45, 7) is 0.556. The van der Waals surface area contributed by atoms with Gasteiger partial charge in [0.05, 0.1) is 37.2 Å². The number of ether oxygens (including phenoxy) is 6. The number of nitrogens with two attached hydrogens (primary N) is 1. The van der Waals surface area contributed by atoms with Gasteiger partial charge in [-0.2, -0.15) is 5.26 Å². The molecule has 1 heterocycles. The summed E-state index contributed by atoms with van der Waals surface area (Å²) in [5.41, 5.74) is -1.01. The van der Waals surface area contributed by atoms with Gasteiger partial charge in [-0.25, -0.2) is 10.7 Å². The fraction of sp³-hybridized carbons (Fsp3) is 0.357. The Balaban J connectivity index is 2.20. The standard InChI is InChI=1S/C28H32N2O9S/c1-33-13-15-35-18-37-24-22(17-29)40-26(25(24)38-19-36-16-14-34-2)28(39-30,27(31)32)23(20-9-5-3-6-10-20)21-11-7-4-8-12-21/h3-12,23H,13-16,18-19,30H2,1-2H3,(H,31,32). The number of nitriles is 1. The average Bonchev–Trinajstić information content (AvgIpc) is 3.33. The molecule has 214 valence electrons. The van der Waals surface area contributed by atoms with Gasteiger partial charge in [0.25, 0.3) is 0 Å². The minimum atomic E-state index is -2.24. The molecule has 12 heteroatoms. The van der Waals surface area contributed by atoms with Crippen LogP contribution in [0.15, 0.2) is 60.7 Å². The second-order valence-corrected chi connectivity index (χ2v) is 9.29. The molecule has 0 amide bonds. The number of carbonyl (C=O) groups is 1. The Morgan fingerprint density at radius 1 is 0.900 bits per heavy atom. The zero-order valence-corrected chi connectivity index (χ0v) is 23.1. The number of benzene rings is 2. The first-order chi connectivity index (χ1) is 19.5. The maximum Gasteiger partial charge on any atom is 0.344 e. The number of methoxy groups -OCH3 is 2. The number of nitrogens with zero attached hydrogens (tertiary/aromatic N) is 1. The Morgan fingerprint density at radius 2 is 1.40 bits per heavy atom. The summed E-state index contributed by atoms with van der Waals surface area (Å²) in [6, 6.07) is 20.0. The van der Waals surface area contributed by atoms with E-state index in [2.05, 4.69) is 6.07 Å². The zero-order valence-electron chi connectivity index (χ0n) is 22.2. The first-order valence-corrected chi connectivity index (χ1v) is 13.0. The van der Waals surface area contributed by atoms with E-state index in [9.17, 15) is 15.2 Å². The lowest BCUT2D eigenvalue weighted by Crippen LogP contribution is -2.46. The summed E-state index contributed by atoms with van der Waals surface area (Å²) in [6.07, 6.45) is 0. The van der Waals surface area contributed by atoms with Crippen LogP contribution in [0.3, 0.4) is 0 Å². The van der Waals surface area contributed by atoms with E-state index in [0.29, 0.717) is 24.3 Å². The number of thiophene rings is 1. The van der Waals surface area contributed by atoms with Crippen LogP contribution in [-0.4, -0.2) is 65.3 Å². The third kappa shape index (κ3) is 7.15. The Bertz CT molecular complexity index is 1190. The highest BCUT2D eigenvalue weighted by molar-refractivity contribution is 7.13. The van der Waals surface area contributed by atoms with Crippen LogP contribution in [0.4, 0.5) is 0 Å². The number of aliphatic carboxylic acids is 1. The fourth-order valence-corrected chi connectivity index (χ4v) is 5.20. The van der Waals surface area contributed by atoms with Crippen molar-refractivity contribution in [3.05, 3.63) is 81.5 Å². The molecule has 0 saturated carbocycles. The van der Waals surface area contributed by atoms with Gasteiger partial charge in [-0.15, -0.1) is 11.3 Å². The predicted molar refractivity (Wildman–Crippen MR) is 145 cm³/mol. The van der Waals surface area contributed by atoms with Crippen LogP contribution < -0.4 is 15.4 Å². The van der Waals surface area contributed by atoms with Crippen molar-refractivity contribution >= 4 is 17.3 Å². The van der Waals surface area contributed by atoms with Gasteiger partial charge in [0.1, 0.15) is 6.07 Å². The van der Waals surface area contributed by atoms with Gasteiger partial charge in [-0.3, -0.25) is 4.84 Å². The Kier molecular flexibility index (Phi) is 12.3. The molecule has 0 radical (unpaired) electrons. The number of rotatable bonds is 18. The molecule has 0 aliphatic heterocycles. The first-order valence-electron chi connectivity index (χ1n) is 12.2. The maximum atomic E-state index is 13.3. The van der Waals surface area contributed by atoms with Gasteiger partial charge in [0.15, 0.2) is 30.0 Å². The van der Waals surface area contributed by atoms with Gasteiger partial charge in [0, 0.05) is 14.2 Å². The summed E-state index contributed by atoms with van der Waals surface area (Å²) in [5, 5.41) is 20.8. The van der Waals surface area contributed by atoms with Crippen LogP contribution in [0.5, 0.6) is 11.5 Å². The fourth-order valence-electron chi connectivity index (χ4n) is 4.06. The van der Waals surface area contributed by atoms with E-state index in [-0.39, 0.29) is 48.1 Å². The van der Waals surface area contributed by atoms with Crippen LogP contribution in [0, 0.1) is 11.3 Å². The van der Waals surface area contributed by atoms with E-state index in [4.69, 9.17) is 39.2 Å². The average molecular weight is 573 g/mol. The normalized spacial score (nSPS) is 12.6. The molecule has 1 aromatic heterocycles. The molecule has 3 aromatic rings. The van der Waals surface area contributed by atoms with Crippen molar-refractivity contribution in [1.82, 2.24) is 0 Å². The SMILES string of the molecule is COCCOCOc1c(C#N)sc(C(ON)(C(=O)O)C(c2ccccc2)c2ccccc2)c1OCOCCOC. The molecule has 3 N–H and O–H groups in total. The zero-order chi connectivity index (χ0) is 28.8. The molecular formula is C28H32N2O9S. The lowest BCUT2D eigenvalue weighted by Gasteiger charge is -2.35. The third-order valence-corrected chi connectivity index (χ3v) is 7.05. The quantitative estimate of drug-likeness (QED) is 0.131. The number of carboxylic acid groups (broad SMARTS) is 1. The molecule has 0 bridgehead atoms. The smallest absolute Gasteiger partial charge is 0.344 e. The summed E-state index contributed by atoms with van der Waals surface area (Å²) >= 11 is 0.843. The van der Waals surface area contributed by atoms with Crippen molar-refractivity contribution in [2.24, 2.45) is 5.90 Å². The van der Waals surface area contributed by atoms with Crippen molar-refractivity contribution in [3.8, 4) is 17.6 Å². The molecule has 0 spiro atoms. The summed E-state index contributed by atoms with van der Waals surface area (Å²) in [7, 11) is 3.07.